The topological polar surface area (TPSA) is 54.6 Å². The molecule has 1 N–H and O–H groups in total. The van der Waals surface area contributed by atoms with E-state index in [9.17, 15) is 9.90 Å². The predicted molar refractivity (Wildman–Crippen MR) is 99.5 cm³/mol. The number of rotatable bonds is 5. The molecule has 0 aliphatic heterocycles. The fourth-order valence-corrected chi connectivity index (χ4v) is 4.15. The summed E-state index contributed by atoms with van der Waals surface area (Å²) in [6.45, 7) is 7.74. The summed E-state index contributed by atoms with van der Waals surface area (Å²) < 4.78 is 1.97. The summed E-state index contributed by atoms with van der Waals surface area (Å²) in [5.41, 5.74) is 1.35. The average Bonchev–Trinajstić information content (AvgIpc) is 2.86. The lowest BCUT2D eigenvalue weighted by Gasteiger charge is -2.20. The molecule has 0 fully saturated rings. The van der Waals surface area contributed by atoms with Crippen molar-refractivity contribution in [1.82, 2.24) is 4.57 Å². The second-order valence-corrected chi connectivity index (χ2v) is 7.91. The molecule has 2 unspecified atom stereocenters. The second-order valence-electron chi connectivity index (χ2n) is 5.86. The molecule has 0 radical (unpaired) electrons. The van der Waals surface area contributed by atoms with Crippen molar-refractivity contribution in [3.63, 3.8) is 0 Å². The van der Waals surface area contributed by atoms with Gasteiger partial charge in [0.1, 0.15) is 10.4 Å². The van der Waals surface area contributed by atoms with Crippen LogP contribution in [-0.4, -0.2) is 21.1 Å². The summed E-state index contributed by atoms with van der Waals surface area (Å²) >= 11 is 13.2. The highest BCUT2D eigenvalue weighted by molar-refractivity contribution is 7.11. The third-order valence-corrected chi connectivity index (χ3v) is 5.08. The highest BCUT2D eigenvalue weighted by Gasteiger charge is 2.25. The molecule has 0 aliphatic rings. The molecule has 0 saturated heterocycles. The van der Waals surface area contributed by atoms with Crippen LogP contribution in [0.1, 0.15) is 60.6 Å². The summed E-state index contributed by atoms with van der Waals surface area (Å²) in [5, 5.41) is 10.2. The van der Waals surface area contributed by atoms with Crippen molar-refractivity contribution < 1.29 is 9.90 Å². The molecule has 1 aromatic heterocycles. The molecule has 130 valence electrons. The van der Waals surface area contributed by atoms with Gasteiger partial charge >= 0.3 is 5.97 Å². The maximum atomic E-state index is 11.7. The van der Waals surface area contributed by atoms with Crippen molar-refractivity contribution in [2.24, 2.45) is 4.99 Å². The summed E-state index contributed by atoms with van der Waals surface area (Å²) in [6.07, 6.45) is 0. The van der Waals surface area contributed by atoms with Crippen molar-refractivity contribution in [3.05, 3.63) is 50.2 Å². The minimum Gasteiger partial charge on any atom is -0.477 e. The number of aromatic nitrogens is 1. The lowest BCUT2D eigenvalue weighted by Crippen LogP contribution is -2.24. The average molecular weight is 387 g/mol. The normalized spacial score (nSPS) is 14.9. The number of carbonyl (C=O) groups is 1. The van der Waals surface area contributed by atoms with Gasteiger partial charge in [0.25, 0.3) is 0 Å². The molecule has 2 atom stereocenters. The van der Waals surface area contributed by atoms with Crippen LogP contribution in [0.2, 0.25) is 5.02 Å². The van der Waals surface area contributed by atoms with Crippen LogP contribution in [0.25, 0.3) is 0 Å². The van der Waals surface area contributed by atoms with E-state index >= 15 is 0 Å². The van der Waals surface area contributed by atoms with Gasteiger partial charge in [-0.1, -0.05) is 60.5 Å². The number of hydrogen-bond acceptors (Lipinski definition) is 3. The first kappa shape index (κ1) is 19.0. The SMILES string of the molecule is CC(Cl)/N=c1/sc(C(=O)O)c(C(C)C)n1C(C)c1ccc(Cl)cc1. The molecule has 1 heterocycles. The smallest absolute Gasteiger partial charge is 0.347 e. The summed E-state index contributed by atoms with van der Waals surface area (Å²) in [5.74, 6) is -0.902. The van der Waals surface area contributed by atoms with Crippen molar-refractivity contribution in [2.45, 2.75) is 45.2 Å². The Kier molecular flexibility index (Phi) is 6.12. The first-order chi connectivity index (χ1) is 11.2. The minimum atomic E-state index is -0.940. The first-order valence-electron chi connectivity index (χ1n) is 7.64. The molecule has 0 spiro atoms. The fourth-order valence-electron chi connectivity index (χ4n) is 2.60. The molecule has 4 nitrogen and oxygen atoms in total. The Labute approximate surface area is 155 Å². The van der Waals surface area contributed by atoms with E-state index in [0.717, 1.165) is 22.6 Å². The van der Waals surface area contributed by atoms with E-state index < -0.39 is 11.5 Å². The van der Waals surface area contributed by atoms with Crippen molar-refractivity contribution in [1.29, 1.82) is 0 Å². The molecule has 0 aliphatic carbocycles. The van der Waals surface area contributed by atoms with Gasteiger partial charge in [0.05, 0.1) is 6.04 Å². The zero-order chi connectivity index (χ0) is 18.0. The number of benzene rings is 1. The van der Waals surface area contributed by atoms with E-state index in [0.29, 0.717) is 14.7 Å². The Morgan fingerprint density at radius 1 is 1.21 bits per heavy atom. The lowest BCUT2D eigenvalue weighted by molar-refractivity contribution is 0.0699. The van der Waals surface area contributed by atoms with Crippen molar-refractivity contribution >= 4 is 40.5 Å². The molecular weight excluding hydrogens is 367 g/mol. The third kappa shape index (κ3) is 4.02. The second kappa shape index (κ2) is 7.72. The molecule has 2 aromatic rings. The van der Waals surface area contributed by atoms with Crippen LogP contribution >= 0.6 is 34.5 Å². The molecule has 2 rings (SSSR count). The van der Waals surface area contributed by atoms with Gasteiger partial charge in [0.2, 0.25) is 0 Å². The van der Waals surface area contributed by atoms with Gasteiger partial charge in [-0.2, -0.15) is 0 Å². The van der Waals surface area contributed by atoms with Crippen LogP contribution in [-0.2, 0) is 0 Å². The summed E-state index contributed by atoms with van der Waals surface area (Å²) in [6, 6.07) is 7.45. The Balaban J connectivity index is 2.73. The number of carboxylic acids is 1. The number of carboxylic acid groups (broad SMARTS) is 1. The van der Waals surface area contributed by atoms with Gasteiger partial charge in [-0.15, -0.1) is 0 Å². The lowest BCUT2D eigenvalue weighted by atomic mass is 10.0. The number of aromatic carboxylic acids is 1. The van der Waals surface area contributed by atoms with Crippen LogP contribution in [0.3, 0.4) is 0 Å². The number of hydrogen-bond donors (Lipinski definition) is 1. The summed E-state index contributed by atoms with van der Waals surface area (Å²) in [4.78, 5) is 17.0. The monoisotopic (exact) mass is 386 g/mol. The summed E-state index contributed by atoms with van der Waals surface area (Å²) in [7, 11) is 0. The van der Waals surface area contributed by atoms with E-state index in [-0.39, 0.29) is 12.0 Å². The fraction of sp³-hybridized carbons (Fsp3) is 0.412. The quantitative estimate of drug-likeness (QED) is 0.572. The number of alkyl halides is 1. The van der Waals surface area contributed by atoms with Gasteiger partial charge in [0.15, 0.2) is 4.80 Å². The number of halogens is 2. The Bertz CT molecular complexity index is 792. The van der Waals surface area contributed by atoms with E-state index in [1.165, 1.54) is 0 Å². The molecule has 0 saturated carbocycles. The van der Waals surface area contributed by atoms with Gasteiger partial charge in [-0.3, -0.25) is 0 Å². The van der Waals surface area contributed by atoms with Crippen LogP contribution in [0.5, 0.6) is 0 Å². The van der Waals surface area contributed by atoms with Crippen LogP contribution in [0.15, 0.2) is 29.3 Å². The first-order valence-corrected chi connectivity index (χ1v) is 9.27. The van der Waals surface area contributed by atoms with Gasteiger partial charge < -0.3 is 9.67 Å². The highest BCUT2D eigenvalue weighted by Crippen LogP contribution is 2.28. The molecule has 0 bridgehead atoms. The molecule has 24 heavy (non-hydrogen) atoms. The standard InChI is InChI=1S/C17H20Cl2N2O2S/c1-9(2)14-15(16(22)23)24-17(20-11(4)18)21(14)10(3)12-5-7-13(19)8-6-12/h5-11H,1-4H3,(H,22,23)/b20-17+. The van der Waals surface area contributed by atoms with Crippen LogP contribution in [0.4, 0.5) is 0 Å². The van der Waals surface area contributed by atoms with Crippen LogP contribution < -0.4 is 4.80 Å². The van der Waals surface area contributed by atoms with E-state index in [1.807, 2.05) is 49.6 Å². The van der Waals surface area contributed by atoms with Crippen LogP contribution in [0, 0.1) is 0 Å². The van der Waals surface area contributed by atoms with E-state index in [4.69, 9.17) is 23.2 Å². The Morgan fingerprint density at radius 3 is 2.25 bits per heavy atom. The highest BCUT2D eigenvalue weighted by atomic mass is 35.5. The largest absolute Gasteiger partial charge is 0.477 e. The molecule has 0 amide bonds. The van der Waals surface area contributed by atoms with Gasteiger partial charge in [-0.25, -0.2) is 9.79 Å². The van der Waals surface area contributed by atoms with Gasteiger partial charge in [-0.05, 0) is 37.5 Å². The Morgan fingerprint density at radius 2 is 1.79 bits per heavy atom. The maximum Gasteiger partial charge on any atom is 0.347 e. The molecule has 7 heteroatoms. The van der Waals surface area contributed by atoms with E-state index in [2.05, 4.69) is 4.99 Å². The Hall–Kier alpha value is -1.30. The van der Waals surface area contributed by atoms with Crippen molar-refractivity contribution in [2.75, 3.05) is 0 Å². The number of thiazole rings is 1. The van der Waals surface area contributed by atoms with Gasteiger partial charge in [0, 0.05) is 10.7 Å². The molecule has 1 aromatic carbocycles. The maximum absolute atomic E-state index is 11.7. The minimum absolute atomic E-state index is 0.0386. The van der Waals surface area contributed by atoms with Crippen molar-refractivity contribution in [3.8, 4) is 0 Å². The van der Waals surface area contributed by atoms with E-state index in [1.54, 1.807) is 6.92 Å². The molecular formula is C17H20Cl2N2O2S. The third-order valence-electron chi connectivity index (χ3n) is 3.66. The number of nitrogens with zero attached hydrogens (tertiary/aromatic N) is 2. The zero-order valence-electron chi connectivity index (χ0n) is 14.0. The predicted octanol–water partition coefficient (Wildman–Crippen LogP) is 5.12. The zero-order valence-corrected chi connectivity index (χ0v) is 16.3.